The largest absolute Gasteiger partial charge is 0.382 e. The molecule has 1 rings (SSSR count). The molecule has 7 N–H and O–H groups in total. The minimum Gasteiger partial charge on any atom is -0.382 e. The van der Waals surface area contributed by atoms with Crippen LogP contribution in [0.3, 0.4) is 0 Å². The Bertz CT molecular complexity index is 867. The lowest BCUT2D eigenvalue weighted by Gasteiger charge is -2.23. The summed E-state index contributed by atoms with van der Waals surface area (Å²) in [5.41, 5.74) is 5.58. The van der Waals surface area contributed by atoms with Gasteiger partial charge < -0.3 is 41.6 Å². The lowest BCUT2D eigenvalue weighted by Crippen LogP contribution is -2.56. The highest BCUT2D eigenvalue weighted by atomic mass is 16.5. The van der Waals surface area contributed by atoms with Gasteiger partial charge in [0.1, 0.15) is 24.7 Å². The number of benzene rings is 1. The van der Waals surface area contributed by atoms with Crippen molar-refractivity contribution in [1.29, 1.82) is 0 Å². The molecule has 1 aromatic carbocycles. The Labute approximate surface area is 203 Å². The van der Waals surface area contributed by atoms with Crippen molar-refractivity contribution >= 4 is 29.5 Å². The van der Waals surface area contributed by atoms with Crippen LogP contribution in [0.15, 0.2) is 30.3 Å². The number of nitrogens with two attached hydrogens (primary N) is 1. The molecule has 194 valence electrons. The molecule has 0 aliphatic rings. The van der Waals surface area contributed by atoms with Gasteiger partial charge in [0.05, 0.1) is 19.6 Å². The van der Waals surface area contributed by atoms with Gasteiger partial charge in [-0.2, -0.15) is 0 Å². The molecule has 0 heterocycles. The maximum atomic E-state index is 12.6. The van der Waals surface area contributed by atoms with Gasteiger partial charge in [-0.1, -0.05) is 30.3 Å². The zero-order valence-corrected chi connectivity index (χ0v) is 19.9. The van der Waals surface area contributed by atoms with Crippen molar-refractivity contribution in [3.63, 3.8) is 0 Å². The number of rotatable bonds is 15. The Morgan fingerprint density at radius 3 is 2.09 bits per heavy atom. The van der Waals surface area contributed by atoms with Gasteiger partial charge in [-0.05, 0) is 13.8 Å². The SMILES string of the molecule is COCCOCC(=O)N[C@@H](C)C(=O)N[C@@H](C)C(=O)N[C@@H](CC(N)=O)C(=O)NC(O)c1ccccc1. The average molecular weight is 496 g/mol. The molecule has 4 atom stereocenters. The summed E-state index contributed by atoms with van der Waals surface area (Å²) >= 11 is 0. The van der Waals surface area contributed by atoms with Crippen LogP contribution < -0.4 is 27.0 Å². The molecule has 0 spiro atoms. The Balaban J connectivity index is 2.63. The summed E-state index contributed by atoms with van der Waals surface area (Å²) in [5, 5.41) is 19.6. The van der Waals surface area contributed by atoms with Gasteiger partial charge in [0, 0.05) is 12.7 Å². The van der Waals surface area contributed by atoms with E-state index in [0.29, 0.717) is 12.2 Å². The van der Waals surface area contributed by atoms with Gasteiger partial charge in [0.2, 0.25) is 29.5 Å². The molecule has 0 aliphatic heterocycles. The van der Waals surface area contributed by atoms with Crippen molar-refractivity contribution in [1.82, 2.24) is 21.3 Å². The lowest BCUT2D eigenvalue weighted by molar-refractivity contribution is -0.135. The molecule has 5 amide bonds. The van der Waals surface area contributed by atoms with E-state index in [4.69, 9.17) is 15.2 Å². The van der Waals surface area contributed by atoms with E-state index in [1.807, 2.05) is 0 Å². The lowest BCUT2D eigenvalue weighted by atomic mass is 10.1. The molecule has 0 aliphatic carbocycles. The highest BCUT2D eigenvalue weighted by molar-refractivity contribution is 5.95. The fourth-order valence-corrected chi connectivity index (χ4v) is 2.72. The fourth-order valence-electron chi connectivity index (χ4n) is 2.72. The highest BCUT2D eigenvalue weighted by Gasteiger charge is 2.28. The molecular weight excluding hydrogens is 462 g/mol. The summed E-state index contributed by atoms with van der Waals surface area (Å²) in [6, 6.07) is 4.72. The van der Waals surface area contributed by atoms with E-state index in [-0.39, 0.29) is 13.2 Å². The molecule has 0 fully saturated rings. The summed E-state index contributed by atoms with van der Waals surface area (Å²) in [7, 11) is 1.49. The molecule has 13 heteroatoms. The zero-order chi connectivity index (χ0) is 26.4. The third-order valence-electron chi connectivity index (χ3n) is 4.62. The van der Waals surface area contributed by atoms with Crippen LogP contribution in [0.2, 0.25) is 0 Å². The Morgan fingerprint density at radius 1 is 0.886 bits per heavy atom. The highest BCUT2D eigenvalue weighted by Crippen LogP contribution is 2.09. The minimum atomic E-state index is -1.39. The number of primary amides is 1. The van der Waals surface area contributed by atoms with Gasteiger partial charge in [0.15, 0.2) is 6.23 Å². The van der Waals surface area contributed by atoms with E-state index >= 15 is 0 Å². The first-order chi connectivity index (χ1) is 16.5. The standard InChI is InChI=1S/C22H33N5O8/c1-13(24-18(29)12-35-10-9-34-3)19(30)25-14(2)20(31)26-16(11-17(23)28)22(33)27-21(32)15-7-5-4-6-8-15/h4-8,13-14,16,21,32H,9-12H2,1-3H3,(H2,23,28)(H,24,29)(H,25,30)(H,26,31)(H,27,33)/t13-,14-,16-,21?/m0/s1. The smallest absolute Gasteiger partial charge is 0.246 e. The molecule has 1 aromatic rings. The van der Waals surface area contributed by atoms with Gasteiger partial charge in [0.25, 0.3) is 0 Å². The molecule has 1 unspecified atom stereocenters. The van der Waals surface area contributed by atoms with E-state index in [1.54, 1.807) is 30.3 Å². The summed E-state index contributed by atoms with van der Waals surface area (Å²) in [4.78, 5) is 60.6. The normalized spacial score (nSPS) is 14.1. The summed E-state index contributed by atoms with van der Waals surface area (Å²) in [5.74, 6) is -3.68. The molecule has 0 bridgehead atoms. The van der Waals surface area contributed by atoms with E-state index in [2.05, 4.69) is 21.3 Å². The first-order valence-corrected chi connectivity index (χ1v) is 10.8. The van der Waals surface area contributed by atoms with Crippen molar-refractivity contribution in [2.45, 2.75) is 44.6 Å². The van der Waals surface area contributed by atoms with Gasteiger partial charge in [-0.3, -0.25) is 24.0 Å². The van der Waals surface area contributed by atoms with E-state index in [1.165, 1.54) is 21.0 Å². The van der Waals surface area contributed by atoms with Crippen LogP contribution in [0, 0.1) is 0 Å². The predicted octanol–water partition coefficient (Wildman–Crippen LogP) is -2.17. The number of carbonyl (C=O) groups is 5. The van der Waals surface area contributed by atoms with Crippen LogP contribution >= 0.6 is 0 Å². The third kappa shape index (κ3) is 11.4. The number of aliphatic hydroxyl groups is 1. The Morgan fingerprint density at radius 2 is 1.49 bits per heavy atom. The van der Waals surface area contributed by atoms with Gasteiger partial charge in [-0.15, -0.1) is 0 Å². The molecule has 0 saturated carbocycles. The van der Waals surface area contributed by atoms with Crippen LogP contribution in [0.4, 0.5) is 0 Å². The first kappa shape index (κ1) is 29.5. The van der Waals surface area contributed by atoms with Crippen LogP contribution in [0.25, 0.3) is 0 Å². The number of ether oxygens (including phenoxy) is 2. The van der Waals surface area contributed by atoms with Crippen LogP contribution in [-0.2, 0) is 33.4 Å². The number of nitrogens with one attached hydrogen (secondary N) is 4. The number of aliphatic hydroxyl groups excluding tert-OH is 1. The monoisotopic (exact) mass is 495 g/mol. The Hall–Kier alpha value is -3.55. The summed E-state index contributed by atoms with van der Waals surface area (Å²) in [6.07, 6.45) is -1.91. The third-order valence-corrected chi connectivity index (χ3v) is 4.62. The van der Waals surface area contributed by atoms with E-state index in [9.17, 15) is 29.1 Å². The maximum absolute atomic E-state index is 12.6. The van der Waals surface area contributed by atoms with Crippen molar-refractivity contribution < 1.29 is 38.6 Å². The first-order valence-electron chi connectivity index (χ1n) is 10.8. The second kappa shape index (κ2) is 15.4. The fraction of sp³-hybridized carbons (Fsp3) is 0.500. The van der Waals surface area contributed by atoms with Crippen LogP contribution in [0.5, 0.6) is 0 Å². The second-order valence-corrected chi connectivity index (χ2v) is 7.62. The molecule has 0 radical (unpaired) electrons. The van der Waals surface area contributed by atoms with Gasteiger partial charge >= 0.3 is 0 Å². The van der Waals surface area contributed by atoms with Crippen molar-refractivity contribution in [3.05, 3.63) is 35.9 Å². The van der Waals surface area contributed by atoms with Crippen LogP contribution in [-0.4, -0.2) is 79.7 Å². The maximum Gasteiger partial charge on any atom is 0.246 e. The molecule has 35 heavy (non-hydrogen) atoms. The van der Waals surface area contributed by atoms with E-state index < -0.39 is 60.3 Å². The summed E-state index contributed by atoms with van der Waals surface area (Å²) in [6.45, 7) is 3.03. The van der Waals surface area contributed by atoms with Crippen LogP contribution in [0.1, 0.15) is 32.1 Å². The number of amides is 5. The van der Waals surface area contributed by atoms with Gasteiger partial charge in [-0.25, -0.2) is 0 Å². The quantitative estimate of drug-likeness (QED) is 0.117. The topological polar surface area (TPSA) is 198 Å². The average Bonchev–Trinajstić information content (AvgIpc) is 2.81. The molecule has 0 aromatic heterocycles. The zero-order valence-electron chi connectivity index (χ0n) is 19.9. The number of methoxy groups -OCH3 is 1. The van der Waals surface area contributed by atoms with Crippen molar-refractivity contribution in [3.8, 4) is 0 Å². The number of hydrogen-bond acceptors (Lipinski definition) is 8. The van der Waals surface area contributed by atoms with Crippen molar-refractivity contribution in [2.24, 2.45) is 5.73 Å². The second-order valence-electron chi connectivity index (χ2n) is 7.62. The van der Waals surface area contributed by atoms with E-state index in [0.717, 1.165) is 0 Å². The minimum absolute atomic E-state index is 0.212. The summed E-state index contributed by atoms with van der Waals surface area (Å²) < 4.78 is 9.85. The number of hydrogen-bond donors (Lipinski definition) is 6. The molecule has 13 nitrogen and oxygen atoms in total. The molecular formula is C22H33N5O8. The van der Waals surface area contributed by atoms with Crippen molar-refractivity contribution in [2.75, 3.05) is 26.9 Å². The Kier molecular flexibility index (Phi) is 12.9. The predicted molar refractivity (Wildman–Crippen MR) is 123 cm³/mol. The number of carbonyl (C=O) groups excluding carboxylic acids is 5. The molecule has 0 saturated heterocycles.